The number of rotatable bonds is 3. The maximum absolute atomic E-state index is 12.8. The average molecular weight is 309 g/mol. The monoisotopic (exact) mass is 309 g/mol. The lowest BCUT2D eigenvalue weighted by atomic mass is 9.65. The minimum absolute atomic E-state index is 0.0320. The van der Waals surface area contributed by atoms with E-state index in [9.17, 15) is 9.90 Å². The summed E-state index contributed by atoms with van der Waals surface area (Å²) in [6.45, 7) is 10.4. The number of carbonyl (C=O) groups is 1. The Morgan fingerprint density at radius 1 is 1.43 bits per heavy atom. The predicted octanol–water partition coefficient (Wildman–Crippen LogP) is 3.50. The normalized spacial score (nSPS) is 26.4. The second-order valence-electron chi connectivity index (χ2n) is 6.77. The molecule has 2 atom stereocenters. The molecule has 2 bridgehead atoms. The van der Waals surface area contributed by atoms with Crippen molar-refractivity contribution in [3.63, 3.8) is 0 Å². The van der Waals surface area contributed by atoms with Crippen LogP contribution in [0.1, 0.15) is 30.9 Å². The van der Waals surface area contributed by atoms with Crippen LogP contribution in [0.5, 0.6) is 5.75 Å². The summed E-state index contributed by atoms with van der Waals surface area (Å²) in [5.74, 6) is 0.360. The molecule has 2 aliphatic rings. The van der Waals surface area contributed by atoms with E-state index in [0.717, 1.165) is 25.8 Å². The second kappa shape index (κ2) is 5.73. The Morgan fingerprint density at radius 2 is 2.22 bits per heavy atom. The first-order valence-electron chi connectivity index (χ1n) is 8.07. The molecular weight excluding hydrogens is 286 g/mol. The van der Waals surface area contributed by atoms with Gasteiger partial charge >= 0.3 is 0 Å². The van der Waals surface area contributed by atoms with E-state index < -0.39 is 0 Å². The number of aromatic hydroxyl groups is 1. The average Bonchev–Trinajstić information content (AvgIpc) is 2.53. The maximum atomic E-state index is 12.8. The number of nitrogens with zero attached hydrogens (tertiary/aromatic N) is 1. The third kappa shape index (κ3) is 2.61. The van der Waals surface area contributed by atoms with Crippen molar-refractivity contribution in [1.29, 1.82) is 0 Å². The molecule has 0 spiro atoms. The molecule has 1 heterocycles. The summed E-state index contributed by atoms with van der Waals surface area (Å²) < 4.78 is 0. The predicted molar refractivity (Wildman–Crippen MR) is 92.4 cm³/mol. The minimum Gasteiger partial charge on any atom is -0.508 e. The van der Waals surface area contributed by atoms with Gasteiger partial charge in [-0.25, -0.2) is 0 Å². The summed E-state index contributed by atoms with van der Waals surface area (Å²) in [6.07, 6.45) is 7.64. The number of allylic oxidation sites excluding steroid dienone is 2. The Kier molecular flexibility index (Phi) is 3.88. The van der Waals surface area contributed by atoms with Gasteiger partial charge in [0, 0.05) is 18.2 Å². The second-order valence-corrected chi connectivity index (χ2v) is 6.77. The van der Waals surface area contributed by atoms with Crippen molar-refractivity contribution in [2.45, 2.75) is 37.6 Å². The Bertz CT molecular complexity index is 704. The summed E-state index contributed by atoms with van der Waals surface area (Å²) in [7, 11) is 0. The number of hydrogen-bond donors (Lipinski definition) is 1. The summed E-state index contributed by atoms with van der Waals surface area (Å²) in [6, 6.07) is 5.83. The maximum Gasteiger partial charge on any atom is 0.254 e. The van der Waals surface area contributed by atoms with E-state index in [-0.39, 0.29) is 17.4 Å². The summed E-state index contributed by atoms with van der Waals surface area (Å²) in [5.41, 5.74) is 3.11. The molecule has 3 heteroatoms. The molecule has 1 aliphatic heterocycles. The zero-order valence-corrected chi connectivity index (χ0v) is 13.6. The van der Waals surface area contributed by atoms with Crippen LogP contribution in [0.15, 0.2) is 55.2 Å². The molecule has 23 heavy (non-hydrogen) atoms. The van der Waals surface area contributed by atoms with Gasteiger partial charge in [-0.1, -0.05) is 44.4 Å². The standard InChI is InChI=1S/C20H23NO2/c1-4-6-14(5-2)19(23)21-10-9-20(3)13-16(21)11-15-7-8-17(22)12-18(15)20/h4-8,12,16,22H,1-2,9-11,13H2,3H3/b14-6+/t16?,20-/m1/s1. The van der Waals surface area contributed by atoms with Gasteiger partial charge in [-0.3, -0.25) is 4.79 Å². The fourth-order valence-electron chi connectivity index (χ4n) is 4.05. The quantitative estimate of drug-likeness (QED) is 0.686. The van der Waals surface area contributed by atoms with Crippen LogP contribution in [-0.2, 0) is 16.6 Å². The molecule has 1 aromatic rings. The number of fused-ring (bicyclic) bond motifs is 4. The van der Waals surface area contributed by atoms with Gasteiger partial charge < -0.3 is 10.0 Å². The van der Waals surface area contributed by atoms with Crippen LogP contribution in [0.25, 0.3) is 0 Å². The molecule has 1 aromatic carbocycles. The number of carbonyl (C=O) groups excluding carboxylic acids is 1. The molecule has 0 radical (unpaired) electrons. The number of likely N-dealkylation sites (tertiary alicyclic amines) is 1. The number of hydrogen-bond acceptors (Lipinski definition) is 2. The Labute approximate surface area is 137 Å². The van der Waals surface area contributed by atoms with Gasteiger partial charge in [-0.2, -0.15) is 0 Å². The van der Waals surface area contributed by atoms with Gasteiger partial charge in [-0.15, -0.1) is 0 Å². The molecule has 1 aliphatic carbocycles. The number of amides is 1. The van der Waals surface area contributed by atoms with Crippen molar-refractivity contribution in [2.75, 3.05) is 6.54 Å². The fourth-order valence-corrected chi connectivity index (χ4v) is 4.05. The van der Waals surface area contributed by atoms with Crippen LogP contribution in [0.2, 0.25) is 0 Å². The van der Waals surface area contributed by atoms with Gasteiger partial charge in [0.25, 0.3) is 5.91 Å². The topological polar surface area (TPSA) is 40.5 Å². The molecule has 1 unspecified atom stereocenters. The van der Waals surface area contributed by atoms with Crippen molar-refractivity contribution in [2.24, 2.45) is 0 Å². The highest BCUT2D eigenvalue weighted by molar-refractivity contribution is 5.96. The third-order valence-electron chi connectivity index (χ3n) is 5.26. The van der Waals surface area contributed by atoms with Crippen LogP contribution in [0.3, 0.4) is 0 Å². The summed E-state index contributed by atoms with van der Waals surface area (Å²) in [4.78, 5) is 14.8. The van der Waals surface area contributed by atoms with Crippen molar-refractivity contribution < 1.29 is 9.90 Å². The largest absolute Gasteiger partial charge is 0.508 e. The van der Waals surface area contributed by atoms with E-state index in [2.05, 4.69) is 20.1 Å². The number of benzene rings is 1. The van der Waals surface area contributed by atoms with E-state index in [0.29, 0.717) is 11.3 Å². The van der Waals surface area contributed by atoms with Crippen LogP contribution in [0, 0.1) is 0 Å². The van der Waals surface area contributed by atoms with Gasteiger partial charge in [0.05, 0.1) is 0 Å². The molecule has 120 valence electrons. The third-order valence-corrected chi connectivity index (χ3v) is 5.26. The van der Waals surface area contributed by atoms with E-state index in [1.54, 1.807) is 24.3 Å². The Balaban J connectivity index is 1.93. The highest BCUT2D eigenvalue weighted by Gasteiger charge is 2.44. The lowest BCUT2D eigenvalue weighted by molar-refractivity contribution is -0.131. The zero-order chi connectivity index (χ0) is 16.6. The van der Waals surface area contributed by atoms with Gasteiger partial charge in [-0.05, 0) is 47.9 Å². The molecule has 0 saturated carbocycles. The van der Waals surface area contributed by atoms with Gasteiger partial charge in [0.2, 0.25) is 0 Å². The molecular formula is C20H23NO2. The molecule has 0 aromatic heterocycles. The van der Waals surface area contributed by atoms with Crippen LogP contribution < -0.4 is 0 Å². The smallest absolute Gasteiger partial charge is 0.254 e. The number of phenols is 1. The first-order valence-corrected chi connectivity index (χ1v) is 8.07. The molecule has 3 nitrogen and oxygen atoms in total. The van der Waals surface area contributed by atoms with Crippen molar-refractivity contribution in [3.05, 3.63) is 66.3 Å². The van der Waals surface area contributed by atoms with Gasteiger partial charge in [0.1, 0.15) is 5.75 Å². The first kappa shape index (κ1) is 15.6. The van der Waals surface area contributed by atoms with E-state index in [1.165, 1.54) is 11.1 Å². The van der Waals surface area contributed by atoms with Crippen molar-refractivity contribution >= 4 is 5.91 Å². The first-order chi connectivity index (χ1) is 11.0. The van der Waals surface area contributed by atoms with E-state index >= 15 is 0 Å². The SMILES string of the molecule is C=C/C=C(\C=C)C(=O)N1CC[C@]2(C)CC1Cc1ccc(O)cc12. The van der Waals surface area contributed by atoms with Crippen molar-refractivity contribution in [3.8, 4) is 5.75 Å². The molecule has 3 rings (SSSR count). The highest BCUT2D eigenvalue weighted by atomic mass is 16.3. The van der Waals surface area contributed by atoms with E-state index in [4.69, 9.17) is 0 Å². The summed E-state index contributed by atoms with van der Waals surface area (Å²) in [5, 5.41) is 9.81. The molecule has 1 amide bonds. The van der Waals surface area contributed by atoms with Crippen LogP contribution in [0.4, 0.5) is 0 Å². The van der Waals surface area contributed by atoms with Gasteiger partial charge in [0.15, 0.2) is 0 Å². The van der Waals surface area contributed by atoms with E-state index in [1.807, 2.05) is 17.0 Å². The van der Waals surface area contributed by atoms with Crippen LogP contribution >= 0.6 is 0 Å². The molecule has 1 fully saturated rings. The number of piperidine rings is 1. The lowest BCUT2D eigenvalue weighted by Gasteiger charge is -2.50. The lowest BCUT2D eigenvalue weighted by Crippen LogP contribution is -2.54. The number of phenolic OH excluding ortho intramolecular Hbond substituents is 1. The summed E-state index contributed by atoms with van der Waals surface area (Å²) >= 11 is 0. The fraction of sp³-hybridized carbons (Fsp3) is 0.350. The Morgan fingerprint density at radius 3 is 2.91 bits per heavy atom. The zero-order valence-electron chi connectivity index (χ0n) is 13.6. The highest BCUT2D eigenvalue weighted by Crippen LogP contribution is 2.45. The minimum atomic E-state index is 0.0320. The molecule has 1 saturated heterocycles. The van der Waals surface area contributed by atoms with Crippen LogP contribution in [-0.4, -0.2) is 28.5 Å². The Hall–Kier alpha value is -2.29. The molecule has 1 N–H and O–H groups in total. The van der Waals surface area contributed by atoms with Crippen molar-refractivity contribution in [1.82, 2.24) is 4.90 Å².